The molecule has 2 aliphatic rings. The van der Waals surface area contributed by atoms with Crippen LogP contribution in [0.2, 0.25) is 0 Å². The van der Waals surface area contributed by atoms with Gasteiger partial charge in [-0.25, -0.2) is 0 Å². The fourth-order valence-electron chi connectivity index (χ4n) is 2.83. The lowest BCUT2D eigenvalue weighted by molar-refractivity contribution is 0.131. The second-order valence-electron chi connectivity index (χ2n) is 5.81. The van der Waals surface area contributed by atoms with Crippen molar-refractivity contribution in [3.8, 4) is 17.2 Å². The molecule has 104 valence electrons. The molecular weight excluding hydrogens is 242 g/mol. The molecule has 4 heteroatoms. The number of ether oxygens (including phenoxy) is 2. The number of rotatable bonds is 2. The van der Waals surface area contributed by atoms with E-state index in [2.05, 4.69) is 18.7 Å². The number of phenols is 1. The molecule has 1 aromatic rings. The number of benzene rings is 1. The minimum atomic E-state index is 0.247. The lowest BCUT2D eigenvalue weighted by Crippen LogP contribution is -2.37. The first-order valence-electron chi connectivity index (χ1n) is 6.97. The van der Waals surface area contributed by atoms with Crippen molar-refractivity contribution in [2.75, 3.05) is 19.9 Å². The average molecular weight is 263 g/mol. The first-order chi connectivity index (χ1) is 9.13. The maximum Gasteiger partial charge on any atom is 0.231 e. The number of fused-ring (bicyclic) bond motifs is 1. The summed E-state index contributed by atoms with van der Waals surface area (Å²) in [6.07, 6.45) is 1.23. The predicted molar refractivity (Wildman–Crippen MR) is 72.5 cm³/mol. The van der Waals surface area contributed by atoms with Crippen LogP contribution in [0.25, 0.3) is 0 Å². The van der Waals surface area contributed by atoms with Gasteiger partial charge < -0.3 is 14.6 Å². The highest BCUT2D eigenvalue weighted by atomic mass is 16.7. The van der Waals surface area contributed by atoms with Gasteiger partial charge in [-0.05, 0) is 30.9 Å². The summed E-state index contributed by atoms with van der Waals surface area (Å²) in [6.45, 7) is 7.83. The molecule has 19 heavy (non-hydrogen) atoms. The Balaban J connectivity index is 1.73. The molecule has 0 radical (unpaired) electrons. The van der Waals surface area contributed by atoms with E-state index in [9.17, 15) is 5.11 Å². The zero-order chi connectivity index (χ0) is 13.4. The van der Waals surface area contributed by atoms with Crippen molar-refractivity contribution < 1.29 is 14.6 Å². The standard InChI is InChI=1S/C15H21NO3/c1-10-3-4-16(7-11(10)2)8-12-5-14-15(6-13(12)17)19-9-18-14/h5-6,10-11,17H,3-4,7-9H2,1-2H3. The van der Waals surface area contributed by atoms with E-state index in [4.69, 9.17) is 9.47 Å². The number of nitrogens with zero attached hydrogens (tertiary/aromatic N) is 1. The molecule has 1 saturated heterocycles. The summed E-state index contributed by atoms with van der Waals surface area (Å²) in [4.78, 5) is 2.40. The van der Waals surface area contributed by atoms with E-state index in [1.165, 1.54) is 6.42 Å². The fourth-order valence-corrected chi connectivity index (χ4v) is 2.83. The summed E-state index contributed by atoms with van der Waals surface area (Å²) in [6, 6.07) is 3.56. The van der Waals surface area contributed by atoms with Crippen molar-refractivity contribution in [1.29, 1.82) is 0 Å². The highest BCUT2D eigenvalue weighted by Gasteiger charge is 2.24. The summed E-state index contributed by atoms with van der Waals surface area (Å²) in [7, 11) is 0. The third-order valence-corrected chi connectivity index (χ3v) is 4.39. The van der Waals surface area contributed by atoms with E-state index >= 15 is 0 Å². The summed E-state index contributed by atoms with van der Waals surface area (Å²) in [5, 5.41) is 10.1. The zero-order valence-corrected chi connectivity index (χ0v) is 11.6. The van der Waals surface area contributed by atoms with Gasteiger partial charge in [0, 0.05) is 24.7 Å². The van der Waals surface area contributed by atoms with E-state index in [-0.39, 0.29) is 6.79 Å². The summed E-state index contributed by atoms with van der Waals surface area (Å²) in [5.41, 5.74) is 0.922. The maximum absolute atomic E-state index is 10.1. The smallest absolute Gasteiger partial charge is 0.231 e. The van der Waals surface area contributed by atoms with E-state index in [1.54, 1.807) is 6.07 Å². The second-order valence-corrected chi connectivity index (χ2v) is 5.81. The van der Waals surface area contributed by atoms with Crippen molar-refractivity contribution in [3.05, 3.63) is 17.7 Å². The molecule has 1 N–H and O–H groups in total. The summed E-state index contributed by atoms with van der Waals surface area (Å²) in [5.74, 6) is 3.19. The quantitative estimate of drug-likeness (QED) is 0.890. The maximum atomic E-state index is 10.1. The van der Waals surface area contributed by atoms with Crippen molar-refractivity contribution in [3.63, 3.8) is 0 Å². The molecule has 0 aliphatic carbocycles. The third-order valence-electron chi connectivity index (χ3n) is 4.39. The van der Waals surface area contributed by atoms with Gasteiger partial charge in [0.15, 0.2) is 11.5 Å². The van der Waals surface area contributed by atoms with Crippen LogP contribution in [0.3, 0.4) is 0 Å². The van der Waals surface area contributed by atoms with Crippen LogP contribution in [0.15, 0.2) is 12.1 Å². The van der Waals surface area contributed by atoms with Crippen molar-refractivity contribution in [2.24, 2.45) is 11.8 Å². The van der Waals surface area contributed by atoms with Crippen LogP contribution in [0.1, 0.15) is 25.8 Å². The van der Waals surface area contributed by atoms with Gasteiger partial charge in [-0.1, -0.05) is 13.8 Å². The van der Waals surface area contributed by atoms with E-state index < -0.39 is 0 Å². The number of likely N-dealkylation sites (tertiary alicyclic amines) is 1. The van der Waals surface area contributed by atoms with Crippen LogP contribution < -0.4 is 9.47 Å². The van der Waals surface area contributed by atoms with Gasteiger partial charge in [0.05, 0.1) is 0 Å². The molecule has 2 aliphatic heterocycles. The lowest BCUT2D eigenvalue weighted by Gasteiger charge is -2.35. The molecule has 2 atom stereocenters. The Kier molecular flexibility index (Phi) is 3.27. The number of hydrogen-bond donors (Lipinski definition) is 1. The normalized spacial score (nSPS) is 26.6. The van der Waals surface area contributed by atoms with Crippen LogP contribution in [0, 0.1) is 11.8 Å². The largest absolute Gasteiger partial charge is 0.507 e. The highest BCUT2D eigenvalue weighted by Crippen LogP contribution is 2.38. The molecule has 0 aromatic heterocycles. The minimum absolute atomic E-state index is 0.247. The molecule has 1 fully saturated rings. The molecule has 4 nitrogen and oxygen atoms in total. The first kappa shape index (κ1) is 12.6. The fraction of sp³-hybridized carbons (Fsp3) is 0.600. The highest BCUT2D eigenvalue weighted by molar-refractivity contribution is 5.51. The van der Waals surface area contributed by atoms with Crippen LogP contribution in [-0.4, -0.2) is 29.9 Å². The van der Waals surface area contributed by atoms with Crippen LogP contribution in [0.4, 0.5) is 0 Å². The molecule has 0 saturated carbocycles. The number of piperidine rings is 1. The Morgan fingerprint density at radius 3 is 2.68 bits per heavy atom. The van der Waals surface area contributed by atoms with Gasteiger partial charge in [0.25, 0.3) is 0 Å². The van der Waals surface area contributed by atoms with Crippen molar-refractivity contribution >= 4 is 0 Å². The second kappa shape index (κ2) is 4.93. The third kappa shape index (κ3) is 2.50. The Hall–Kier alpha value is -1.42. The van der Waals surface area contributed by atoms with Crippen LogP contribution in [0.5, 0.6) is 17.2 Å². The number of phenolic OH excluding ortho intramolecular Hbond substituents is 1. The van der Waals surface area contributed by atoms with Crippen LogP contribution >= 0.6 is 0 Å². The van der Waals surface area contributed by atoms with E-state index in [0.717, 1.165) is 36.9 Å². The minimum Gasteiger partial charge on any atom is -0.507 e. The topological polar surface area (TPSA) is 41.9 Å². The monoisotopic (exact) mass is 263 g/mol. The molecular formula is C15H21NO3. The predicted octanol–water partition coefficient (Wildman–Crippen LogP) is 2.60. The lowest BCUT2D eigenvalue weighted by atomic mass is 9.88. The summed E-state index contributed by atoms with van der Waals surface area (Å²) < 4.78 is 10.6. The molecule has 0 bridgehead atoms. The molecule has 2 unspecified atom stereocenters. The van der Waals surface area contributed by atoms with E-state index in [0.29, 0.717) is 17.4 Å². The number of hydrogen-bond acceptors (Lipinski definition) is 4. The SMILES string of the molecule is CC1CCN(Cc2cc3c(cc2O)OCO3)CC1C. The van der Waals surface area contributed by atoms with Gasteiger partial charge in [0.2, 0.25) is 6.79 Å². The van der Waals surface area contributed by atoms with Crippen molar-refractivity contribution in [1.82, 2.24) is 4.90 Å². The molecule has 0 amide bonds. The van der Waals surface area contributed by atoms with Crippen LogP contribution in [-0.2, 0) is 6.54 Å². The first-order valence-corrected chi connectivity index (χ1v) is 6.97. The Labute approximate surface area is 113 Å². The number of aromatic hydroxyl groups is 1. The Bertz CT molecular complexity index is 475. The van der Waals surface area contributed by atoms with E-state index in [1.807, 2.05) is 6.07 Å². The van der Waals surface area contributed by atoms with Gasteiger partial charge >= 0.3 is 0 Å². The molecule has 0 spiro atoms. The molecule has 3 rings (SSSR count). The zero-order valence-electron chi connectivity index (χ0n) is 11.6. The molecule has 1 aromatic carbocycles. The van der Waals surface area contributed by atoms with Crippen molar-refractivity contribution in [2.45, 2.75) is 26.8 Å². The Morgan fingerprint density at radius 1 is 1.21 bits per heavy atom. The van der Waals surface area contributed by atoms with Gasteiger partial charge in [0.1, 0.15) is 5.75 Å². The van der Waals surface area contributed by atoms with Gasteiger partial charge in [-0.2, -0.15) is 0 Å². The summed E-state index contributed by atoms with van der Waals surface area (Å²) >= 11 is 0. The Morgan fingerprint density at radius 2 is 1.95 bits per heavy atom. The van der Waals surface area contributed by atoms with Gasteiger partial charge in [-0.3, -0.25) is 4.90 Å². The van der Waals surface area contributed by atoms with Gasteiger partial charge in [-0.15, -0.1) is 0 Å². The molecule has 2 heterocycles. The average Bonchev–Trinajstić information content (AvgIpc) is 2.81.